The third kappa shape index (κ3) is 5.54. The number of carbonyl (C=O) groups is 3. The van der Waals surface area contributed by atoms with Gasteiger partial charge in [0.15, 0.2) is 5.13 Å². The highest BCUT2D eigenvalue weighted by molar-refractivity contribution is 7.17. The molecule has 0 aliphatic carbocycles. The molecule has 0 unspecified atom stereocenters. The maximum atomic E-state index is 13.0. The summed E-state index contributed by atoms with van der Waals surface area (Å²) in [6.07, 6.45) is 3.34. The number of anilines is 1. The third-order valence-electron chi connectivity index (χ3n) is 5.23. The van der Waals surface area contributed by atoms with Gasteiger partial charge in [0, 0.05) is 38.6 Å². The van der Waals surface area contributed by atoms with Gasteiger partial charge < -0.3 is 15.5 Å². The Morgan fingerprint density at radius 3 is 2.59 bits per heavy atom. The summed E-state index contributed by atoms with van der Waals surface area (Å²) in [5.74, 6) is -0.927. The first-order valence-corrected chi connectivity index (χ1v) is 11.4. The molecule has 0 saturated carbocycles. The largest absolute Gasteiger partial charge is 0.350 e. The van der Waals surface area contributed by atoms with E-state index in [1.807, 2.05) is 6.07 Å². The van der Waals surface area contributed by atoms with Crippen molar-refractivity contribution in [3.05, 3.63) is 76.3 Å². The van der Waals surface area contributed by atoms with Crippen LogP contribution in [0.4, 0.5) is 14.3 Å². The standard InChI is InChI=1S/C23H23FN6O3S/c1-15-20(21(32)27-13-17-3-2-8-25-11-17)34-22(28-15)30-10-9-29(23(30)33)14-19(31)26-12-16-4-6-18(24)7-5-16/h2-8,11H,9-10,12-14H2,1H3,(H,26,31)(H,27,32). The van der Waals surface area contributed by atoms with E-state index >= 15 is 0 Å². The highest BCUT2D eigenvalue weighted by atomic mass is 32.1. The number of carbonyl (C=O) groups excluding carboxylic acids is 3. The number of nitrogens with one attached hydrogen (secondary N) is 2. The smallest absolute Gasteiger partial charge is 0.326 e. The predicted molar refractivity (Wildman–Crippen MR) is 125 cm³/mol. The average Bonchev–Trinajstić information content (AvgIpc) is 3.40. The van der Waals surface area contributed by atoms with Gasteiger partial charge in [-0.2, -0.15) is 0 Å². The van der Waals surface area contributed by atoms with Crippen molar-refractivity contribution in [1.82, 2.24) is 25.5 Å². The van der Waals surface area contributed by atoms with E-state index in [1.54, 1.807) is 37.5 Å². The quantitative estimate of drug-likeness (QED) is 0.513. The van der Waals surface area contributed by atoms with Gasteiger partial charge in [-0.25, -0.2) is 14.2 Å². The molecule has 1 fully saturated rings. The molecule has 3 heterocycles. The van der Waals surface area contributed by atoms with Crippen molar-refractivity contribution >= 4 is 34.3 Å². The van der Waals surface area contributed by atoms with Gasteiger partial charge in [0.1, 0.15) is 17.2 Å². The van der Waals surface area contributed by atoms with E-state index in [4.69, 9.17) is 0 Å². The van der Waals surface area contributed by atoms with Crippen molar-refractivity contribution in [2.24, 2.45) is 0 Å². The lowest BCUT2D eigenvalue weighted by atomic mass is 10.2. The van der Waals surface area contributed by atoms with Crippen molar-refractivity contribution in [3.8, 4) is 0 Å². The lowest BCUT2D eigenvalue weighted by Crippen LogP contribution is -2.39. The Labute approximate surface area is 199 Å². The fourth-order valence-electron chi connectivity index (χ4n) is 3.41. The second kappa shape index (κ2) is 10.4. The molecule has 9 nitrogen and oxygen atoms in total. The third-order valence-corrected chi connectivity index (χ3v) is 6.41. The maximum Gasteiger partial charge on any atom is 0.326 e. The molecular weight excluding hydrogens is 459 g/mol. The number of hydrogen-bond donors (Lipinski definition) is 2. The summed E-state index contributed by atoms with van der Waals surface area (Å²) in [5.41, 5.74) is 2.17. The number of amides is 4. The Balaban J connectivity index is 1.31. The molecule has 0 spiro atoms. The van der Waals surface area contributed by atoms with E-state index in [-0.39, 0.29) is 36.8 Å². The minimum absolute atomic E-state index is 0.0979. The maximum absolute atomic E-state index is 13.0. The lowest BCUT2D eigenvalue weighted by molar-refractivity contribution is -0.121. The molecule has 0 atom stereocenters. The van der Waals surface area contributed by atoms with Crippen LogP contribution in [0.25, 0.3) is 0 Å². The van der Waals surface area contributed by atoms with E-state index < -0.39 is 0 Å². The van der Waals surface area contributed by atoms with Crippen LogP contribution < -0.4 is 15.5 Å². The molecule has 1 saturated heterocycles. The zero-order valence-electron chi connectivity index (χ0n) is 18.5. The normalized spacial score (nSPS) is 13.3. The predicted octanol–water partition coefficient (Wildman–Crippen LogP) is 2.47. The Morgan fingerprint density at radius 1 is 1.09 bits per heavy atom. The summed E-state index contributed by atoms with van der Waals surface area (Å²) in [4.78, 5) is 49.5. The number of benzene rings is 1. The summed E-state index contributed by atoms with van der Waals surface area (Å²) >= 11 is 1.14. The number of halogens is 1. The molecule has 0 bridgehead atoms. The van der Waals surface area contributed by atoms with Crippen LogP contribution in [0, 0.1) is 12.7 Å². The molecule has 176 valence electrons. The van der Waals surface area contributed by atoms with Gasteiger partial charge in [-0.15, -0.1) is 0 Å². The van der Waals surface area contributed by atoms with Crippen LogP contribution in [0.2, 0.25) is 0 Å². The molecule has 11 heteroatoms. The number of hydrogen-bond acceptors (Lipinski definition) is 6. The van der Waals surface area contributed by atoms with Crippen LogP contribution >= 0.6 is 11.3 Å². The Bertz CT molecular complexity index is 1190. The molecule has 1 aliphatic rings. The number of pyridine rings is 1. The van der Waals surface area contributed by atoms with Gasteiger partial charge in [0.25, 0.3) is 5.91 Å². The number of rotatable bonds is 8. The molecule has 2 aromatic heterocycles. The number of thiazole rings is 1. The van der Waals surface area contributed by atoms with Crippen molar-refractivity contribution in [3.63, 3.8) is 0 Å². The molecule has 4 amide bonds. The Morgan fingerprint density at radius 2 is 1.85 bits per heavy atom. The highest BCUT2D eigenvalue weighted by Crippen LogP contribution is 2.28. The number of aromatic nitrogens is 2. The van der Waals surface area contributed by atoms with Gasteiger partial charge >= 0.3 is 6.03 Å². The SMILES string of the molecule is Cc1nc(N2CCN(CC(=O)NCc3ccc(F)cc3)C2=O)sc1C(=O)NCc1cccnc1. The van der Waals surface area contributed by atoms with E-state index in [1.165, 1.54) is 21.9 Å². The van der Waals surface area contributed by atoms with Crippen LogP contribution in [-0.2, 0) is 17.9 Å². The van der Waals surface area contributed by atoms with Gasteiger partial charge in [0.05, 0.1) is 5.69 Å². The van der Waals surface area contributed by atoms with E-state index in [2.05, 4.69) is 20.6 Å². The van der Waals surface area contributed by atoms with Crippen molar-refractivity contribution in [2.45, 2.75) is 20.0 Å². The topological polar surface area (TPSA) is 108 Å². The molecule has 1 aromatic carbocycles. The van der Waals surface area contributed by atoms with Crippen molar-refractivity contribution in [1.29, 1.82) is 0 Å². The first-order valence-electron chi connectivity index (χ1n) is 10.6. The summed E-state index contributed by atoms with van der Waals surface area (Å²) in [6.45, 7) is 2.94. The van der Waals surface area contributed by atoms with E-state index in [0.717, 1.165) is 22.5 Å². The molecular formula is C23H23FN6O3S. The highest BCUT2D eigenvalue weighted by Gasteiger charge is 2.33. The summed E-state index contributed by atoms with van der Waals surface area (Å²) in [7, 11) is 0. The van der Waals surface area contributed by atoms with Gasteiger partial charge in [0.2, 0.25) is 5.91 Å². The molecule has 0 radical (unpaired) electrons. The zero-order valence-corrected chi connectivity index (χ0v) is 19.3. The van der Waals surface area contributed by atoms with Gasteiger partial charge in [-0.1, -0.05) is 29.5 Å². The number of nitrogens with zero attached hydrogens (tertiary/aromatic N) is 4. The fourth-order valence-corrected chi connectivity index (χ4v) is 4.42. The van der Waals surface area contributed by atoms with Crippen LogP contribution in [0.15, 0.2) is 48.8 Å². The van der Waals surface area contributed by atoms with E-state index in [9.17, 15) is 18.8 Å². The zero-order chi connectivity index (χ0) is 24.1. The summed E-state index contributed by atoms with van der Waals surface area (Å²) in [5, 5.41) is 5.99. The number of urea groups is 1. The molecule has 34 heavy (non-hydrogen) atoms. The van der Waals surface area contributed by atoms with Crippen LogP contribution in [-0.4, -0.2) is 52.3 Å². The second-order valence-corrected chi connectivity index (χ2v) is 8.69. The average molecular weight is 483 g/mol. The summed E-state index contributed by atoms with van der Waals surface area (Å²) < 4.78 is 13.0. The fraction of sp³-hybridized carbons (Fsp3) is 0.261. The second-order valence-electron chi connectivity index (χ2n) is 7.71. The van der Waals surface area contributed by atoms with Gasteiger partial charge in [-0.05, 0) is 36.2 Å². The Kier molecular flexibility index (Phi) is 7.12. The Hall–Kier alpha value is -3.86. The lowest BCUT2D eigenvalue weighted by Gasteiger charge is -2.16. The van der Waals surface area contributed by atoms with E-state index in [0.29, 0.717) is 35.3 Å². The monoisotopic (exact) mass is 482 g/mol. The first-order chi connectivity index (χ1) is 16.4. The molecule has 2 N–H and O–H groups in total. The van der Waals surface area contributed by atoms with Crippen LogP contribution in [0.1, 0.15) is 26.5 Å². The minimum atomic E-state index is -0.343. The van der Waals surface area contributed by atoms with Gasteiger partial charge in [-0.3, -0.25) is 19.5 Å². The first kappa shape index (κ1) is 23.3. The summed E-state index contributed by atoms with van der Waals surface area (Å²) in [6, 6.07) is 9.16. The van der Waals surface area contributed by atoms with Crippen LogP contribution in [0.3, 0.4) is 0 Å². The van der Waals surface area contributed by atoms with Crippen LogP contribution in [0.5, 0.6) is 0 Å². The molecule has 1 aliphatic heterocycles. The molecule has 4 rings (SSSR count). The van der Waals surface area contributed by atoms with Crippen molar-refractivity contribution < 1.29 is 18.8 Å². The number of aryl methyl sites for hydroxylation is 1. The molecule has 3 aromatic rings. The van der Waals surface area contributed by atoms with Crippen molar-refractivity contribution in [2.75, 3.05) is 24.5 Å². The minimum Gasteiger partial charge on any atom is -0.350 e.